The zero-order valence-corrected chi connectivity index (χ0v) is 8.12. The SMILES string of the molecule is Cl.NC(=O)c1nccc2ccccc12. The van der Waals surface area contributed by atoms with Crippen molar-refractivity contribution in [3.63, 3.8) is 0 Å². The average Bonchev–Trinajstić information content (AvgIpc) is 2.17. The van der Waals surface area contributed by atoms with Crippen molar-refractivity contribution in [3.8, 4) is 0 Å². The van der Waals surface area contributed by atoms with E-state index in [1.165, 1.54) is 0 Å². The predicted octanol–water partition coefficient (Wildman–Crippen LogP) is 1.76. The lowest BCUT2D eigenvalue weighted by atomic mass is 10.1. The van der Waals surface area contributed by atoms with E-state index in [0.717, 1.165) is 10.8 Å². The number of carbonyl (C=O) groups excluding carboxylic acids is 1. The van der Waals surface area contributed by atoms with Crippen LogP contribution in [0.1, 0.15) is 10.5 Å². The molecule has 4 heteroatoms. The van der Waals surface area contributed by atoms with Crippen LogP contribution in [0.15, 0.2) is 36.5 Å². The third-order valence-electron chi connectivity index (χ3n) is 1.91. The van der Waals surface area contributed by atoms with Crippen LogP contribution in [-0.4, -0.2) is 10.9 Å². The topological polar surface area (TPSA) is 56.0 Å². The molecule has 0 bridgehead atoms. The van der Waals surface area contributed by atoms with Gasteiger partial charge in [-0.25, -0.2) is 0 Å². The number of hydrogen-bond donors (Lipinski definition) is 1. The van der Waals surface area contributed by atoms with E-state index in [1.807, 2.05) is 30.3 Å². The molecule has 0 saturated carbocycles. The summed E-state index contributed by atoms with van der Waals surface area (Å²) in [6.45, 7) is 0. The molecule has 0 saturated heterocycles. The molecule has 1 heterocycles. The average molecular weight is 209 g/mol. The summed E-state index contributed by atoms with van der Waals surface area (Å²) in [6, 6.07) is 9.37. The second-order valence-corrected chi connectivity index (χ2v) is 2.74. The summed E-state index contributed by atoms with van der Waals surface area (Å²) in [6.07, 6.45) is 1.59. The number of nitrogens with zero attached hydrogens (tertiary/aromatic N) is 1. The Morgan fingerprint density at radius 2 is 1.93 bits per heavy atom. The van der Waals surface area contributed by atoms with Crippen molar-refractivity contribution in [1.82, 2.24) is 4.98 Å². The van der Waals surface area contributed by atoms with Crippen molar-refractivity contribution in [2.75, 3.05) is 0 Å². The molecular formula is C10H9ClN2O. The van der Waals surface area contributed by atoms with Gasteiger partial charge in [-0.1, -0.05) is 24.3 Å². The summed E-state index contributed by atoms with van der Waals surface area (Å²) >= 11 is 0. The lowest BCUT2D eigenvalue weighted by Gasteiger charge is -2.00. The van der Waals surface area contributed by atoms with Crippen LogP contribution in [0.4, 0.5) is 0 Å². The Bertz CT molecular complexity index is 465. The van der Waals surface area contributed by atoms with Crippen LogP contribution >= 0.6 is 12.4 Å². The summed E-state index contributed by atoms with van der Waals surface area (Å²) in [5.74, 6) is -0.489. The van der Waals surface area contributed by atoms with Gasteiger partial charge in [0.05, 0.1) is 0 Å². The Kier molecular flexibility index (Phi) is 3.04. The predicted molar refractivity (Wildman–Crippen MR) is 57.5 cm³/mol. The number of aromatic nitrogens is 1. The van der Waals surface area contributed by atoms with Gasteiger partial charge in [-0.15, -0.1) is 12.4 Å². The number of nitrogens with two attached hydrogens (primary N) is 1. The van der Waals surface area contributed by atoms with E-state index in [-0.39, 0.29) is 12.4 Å². The molecule has 2 rings (SSSR count). The first kappa shape index (κ1) is 10.5. The minimum atomic E-state index is -0.489. The fourth-order valence-electron chi connectivity index (χ4n) is 1.32. The highest BCUT2D eigenvalue weighted by Gasteiger charge is 2.05. The highest BCUT2D eigenvalue weighted by atomic mass is 35.5. The quantitative estimate of drug-likeness (QED) is 0.777. The molecule has 0 unspecified atom stereocenters. The van der Waals surface area contributed by atoms with Crippen molar-refractivity contribution in [3.05, 3.63) is 42.2 Å². The molecule has 0 aliphatic carbocycles. The summed E-state index contributed by atoms with van der Waals surface area (Å²) in [7, 11) is 0. The molecule has 3 nitrogen and oxygen atoms in total. The number of rotatable bonds is 1. The summed E-state index contributed by atoms with van der Waals surface area (Å²) in [5, 5.41) is 1.78. The Labute approximate surface area is 87.4 Å². The zero-order chi connectivity index (χ0) is 9.26. The number of pyridine rings is 1. The van der Waals surface area contributed by atoms with Crippen LogP contribution in [0.25, 0.3) is 10.8 Å². The van der Waals surface area contributed by atoms with Gasteiger partial charge in [0, 0.05) is 11.6 Å². The zero-order valence-electron chi connectivity index (χ0n) is 7.31. The van der Waals surface area contributed by atoms with Gasteiger partial charge in [0.15, 0.2) is 0 Å². The van der Waals surface area contributed by atoms with E-state index in [4.69, 9.17) is 5.73 Å². The van der Waals surface area contributed by atoms with Gasteiger partial charge in [-0.2, -0.15) is 0 Å². The molecule has 0 fully saturated rings. The van der Waals surface area contributed by atoms with E-state index in [2.05, 4.69) is 4.98 Å². The fourth-order valence-corrected chi connectivity index (χ4v) is 1.32. The van der Waals surface area contributed by atoms with E-state index < -0.39 is 5.91 Å². The van der Waals surface area contributed by atoms with Crippen LogP contribution in [0.5, 0.6) is 0 Å². The molecule has 2 N–H and O–H groups in total. The Balaban J connectivity index is 0.000000980. The van der Waals surface area contributed by atoms with Gasteiger partial charge in [-0.3, -0.25) is 9.78 Å². The van der Waals surface area contributed by atoms with Crippen molar-refractivity contribution in [2.24, 2.45) is 5.73 Å². The Morgan fingerprint density at radius 1 is 1.21 bits per heavy atom. The van der Waals surface area contributed by atoms with Gasteiger partial charge in [-0.05, 0) is 11.5 Å². The maximum Gasteiger partial charge on any atom is 0.267 e. The van der Waals surface area contributed by atoms with Crippen molar-refractivity contribution >= 4 is 29.1 Å². The molecule has 0 spiro atoms. The molecule has 0 atom stereocenters. The third kappa shape index (κ3) is 1.67. The van der Waals surface area contributed by atoms with Crippen molar-refractivity contribution < 1.29 is 4.79 Å². The van der Waals surface area contributed by atoms with Gasteiger partial charge in [0.2, 0.25) is 0 Å². The van der Waals surface area contributed by atoms with Crippen molar-refractivity contribution in [2.45, 2.75) is 0 Å². The van der Waals surface area contributed by atoms with Gasteiger partial charge < -0.3 is 5.73 Å². The van der Waals surface area contributed by atoms with Crippen LogP contribution < -0.4 is 5.73 Å². The molecular weight excluding hydrogens is 200 g/mol. The van der Waals surface area contributed by atoms with E-state index >= 15 is 0 Å². The Morgan fingerprint density at radius 3 is 2.64 bits per heavy atom. The number of amides is 1. The summed E-state index contributed by atoms with van der Waals surface area (Å²) in [5.41, 5.74) is 5.51. The molecule has 1 aromatic carbocycles. The molecule has 14 heavy (non-hydrogen) atoms. The number of hydrogen-bond acceptors (Lipinski definition) is 2. The van der Waals surface area contributed by atoms with Gasteiger partial charge >= 0.3 is 0 Å². The lowest BCUT2D eigenvalue weighted by Crippen LogP contribution is -2.13. The van der Waals surface area contributed by atoms with Crippen LogP contribution in [0, 0.1) is 0 Å². The van der Waals surface area contributed by atoms with E-state index in [9.17, 15) is 4.79 Å². The fraction of sp³-hybridized carbons (Fsp3) is 0. The normalized spacial score (nSPS) is 9.43. The number of halogens is 1. The summed E-state index contributed by atoms with van der Waals surface area (Å²) < 4.78 is 0. The standard InChI is InChI=1S/C10H8N2O.ClH/c11-10(13)9-8-4-2-1-3-7(8)5-6-12-9;/h1-6H,(H2,11,13);1H. The molecule has 1 amide bonds. The monoisotopic (exact) mass is 208 g/mol. The first-order valence-electron chi connectivity index (χ1n) is 3.92. The van der Waals surface area contributed by atoms with E-state index in [1.54, 1.807) is 6.20 Å². The number of carbonyl (C=O) groups is 1. The number of primary amides is 1. The minimum Gasteiger partial charge on any atom is -0.364 e. The number of benzene rings is 1. The number of fused-ring (bicyclic) bond motifs is 1. The molecule has 2 aromatic rings. The highest BCUT2D eigenvalue weighted by molar-refractivity contribution is 6.04. The minimum absolute atomic E-state index is 0. The van der Waals surface area contributed by atoms with Crippen LogP contribution in [0.3, 0.4) is 0 Å². The van der Waals surface area contributed by atoms with Crippen molar-refractivity contribution in [1.29, 1.82) is 0 Å². The molecule has 1 aromatic heterocycles. The van der Waals surface area contributed by atoms with E-state index in [0.29, 0.717) is 5.69 Å². The maximum atomic E-state index is 11.0. The highest BCUT2D eigenvalue weighted by Crippen LogP contribution is 2.15. The maximum absolute atomic E-state index is 11.0. The first-order valence-corrected chi connectivity index (χ1v) is 3.92. The second-order valence-electron chi connectivity index (χ2n) is 2.74. The first-order chi connectivity index (χ1) is 6.29. The summed E-state index contributed by atoms with van der Waals surface area (Å²) in [4.78, 5) is 14.9. The smallest absolute Gasteiger partial charge is 0.267 e. The lowest BCUT2D eigenvalue weighted by molar-refractivity contribution is 0.0997. The third-order valence-corrected chi connectivity index (χ3v) is 1.91. The molecule has 0 aliphatic rings. The van der Waals surface area contributed by atoms with Gasteiger partial charge in [0.25, 0.3) is 5.91 Å². The van der Waals surface area contributed by atoms with Gasteiger partial charge in [0.1, 0.15) is 5.69 Å². The second kappa shape index (κ2) is 4.07. The van der Waals surface area contributed by atoms with Crippen LogP contribution in [0.2, 0.25) is 0 Å². The van der Waals surface area contributed by atoms with Crippen LogP contribution in [-0.2, 0) is 0 Å². The molecule has 72 valence electrons. The Hall–Kier alpha value is -1.61. The molecule has 0 aliphatic heterocycles. The molecule has 0 radical (unpaired) electrons. The largest absolute Gasteiger partial charge is 0.364 e.